The third-order valence-corrected chi connectivity index (χ3v) is 1.96. The fraction of sp³-hybridized carbons (Fsp3) is 0.100. The first-order chi connectivity index (χ1) is 8.54. The van der Waals surface area contributed by atoms with E-state index in [0.29, 0.717) is 0 Å². The average Bonchev–Trinajstić information content (AvgIpc) is 2.36. The molecule has 18 heavy (non-hydrogen) atoms. The van der Waals surface area contributed by atoms with Crippen molar-refractivity contribution in [2.24, 2.45) is 0 Å². The second-order valence-corrected chi connectivity index (χ2v) is 3.29. The van der Waals surface area contributed by atoms with Gasteiger partial charge in [-0.05, 0) is 12.4 Å². The minimum atomic E-state index is -1.47. The van der Waals surface area contributed by atoms with Gasteiger partial charge in [0.1, 0.15) is 0 Å². The Morgan fingerprint density at radius 3 is 2.94 bits per heavy atom. The Kier molecular flexibility index (Phi) is 5.03. The summed E-state index contributed by atoms with van der Waals surface area (Å²) in [7, 11) is -1.47. The standard InChI is InChI=1S/C10H11BN2O5/c1-2-4-10(14)12-18-11(15)8-5-3-6-9(7-8)13(16)17/h2-7,15H,1H3,(H,12,14). The summed E-state index contributed by atoms with van der Waals surface area (Å²) in [6, 6.07) is 5.30. The number of hydrogen-bond acceptors (Lipinski definition) is 5. The Labute approximate surface area is 103 Å². The van der Waals surface area contributed by atoms with E-state index < -0.39 is 17.9 Å². The summed E-state index contributed by atoms with van der Waals surface area (Å²) >= 11 is 0. The number of hydroxylamine groups is 1. The van der Waals surface area contributed by atoms with Crippen LogP contribution in [-0.4, -0.2) is 23.0 Å². The summed E-state index contributed by atoms with van der Waals surface area (Å²) in [5.41, 5.74) is 1.98. The summed E-state index contributed by atoms with van der Waals surface area (Å²) in [5.74, 6) is -0.540. The molecule has 0 aromatic heterocycles. The summed E-state index contributed by atoms with van der Waals surface area (Å²) in [4.78, 5) is 21.0. The molecule has 0 saturated carbocycles. The zero-order valence-corrected chi connectivity index (χ0v) is 9.57. The average molecular weight is 250 g/mol. The van der Waals surface area contributed by atoms with Gasteiger partial charge < -0.3 is 5.02 Å². The summed E-state index contributed by atoms with van der Waals surface area (Å²) in [6.07, 6.45) is 2.71. The normalized spacial score (nSPS) is 10.3. The molecule has 0 aliphatic rings. The van der Waals surface area contributed by atoms with Crippen LogP contribution in [0.15, 0.2) is 36.4 Å². The minimum absolute atomic E-state index is 0.171. The molecule has 1 aromatic rings. The summed E-state index contributed by atoms with van der Waals surface area (Å²) in [5, 5.41) is 20.1. The highest BCUT2D eigenvalue weighted by Gasteiger charge is 2.20. The number of benzene rings is 1. The zero-order chi connectivity index (χ0) is 13.5. The first-order valence-electron chi connectivity index (χ1n) is 5.05. The van der Waals surface area contributed by atoms with Gasteiger partial charge in [0.15, 0.2) is 0 Å². The monoisotopic (exact) mass is 250 g/mol. The number of nitro benzene ring substituents is 1. The third kappa shape index (κ3) is 4.00. The van der Waals surface area contributed by atoms with Crippen molar-refractivity contribution in [2.45, 2.75) is 6.92 Å². The first-order valence-corrected chi connectivity index (χ1v) is 5.05. The van der Waals surface area contributed by atoms with Crippen LogP contribution in [0, 0.1) is 10.1 Å². The molecule has 94 valence electrons. The van der Waals surface area contributed by atoms with Crippen molar-refractivity contribution in [3.05, 3.63) is 46.5 Å². The van der Waals surface area contributed by atoms with E-state index in [9.17, 15) is 19.9 Å². The molecule has 0 saturated heterocycles. The van der Waals surface area contributed by atoms with Crippen molar-refractivity contribution >= 4 is 24.2 Å². The largest absolute Gasteiger partial charge is 0.514 e. The van der Waals surface area contributed by atoms with Gasteiger partial charge in [-0.3, -0.25) is 19.7 Å². The molecular weight excluding hydrogens is 239 g/mol. The second kappa shape index (κ2) is 6.53. The predicted molar refractivity (Wildman–Crippen MR) is 64.7 cm³/mol. The first kappa shape index (κ1) is 13.9. The molecule has 0 fully saturated rings. The molecule has 8 heteroatoms. The smallest absolute Gasteiger partial charge is 0.422 e. The Morgan fingerprint density at radius 2 is 2.33 bits per heavy atom. The quantitative estimate of drug-likeness (QED) is 0.329. The van der Waals surface area contributed by atoms with Crippen LogP contribution in [0.3, 0.4) is 0 Å². The van der Waals surface area contributed by atoms with Crippen LogP contribution < -0.4 is 10.9 Å². The highest BCUT2D eigenvalue weighted by atomic mass is 16.7. The van der Waals surface area contributed by atoms with Gasteiger partial charge in [-0.15, -0.1) is 0 Å². The SMILES string of the molecule is CC=CC(=O)NOB(O)c1cccc([N+](=O)[O-])c1. The van der Waals surface area contributed by atoms with Gasteiger partial charge in [0, 0.05) is 18.2 Å². The fourth-order valence-corrected chi connectivity index (χ4v) is 1.16. The van der Waals surface area contributed by atoms with E-state index in [0.717, 1.165) is 6.07 Å². The highest BCUT2D eigenvalue weighted by molar-refractivity contribution is 6.60. The van der Waals surface area contributed by atoms with Crippen molar-refractivity contribution in [1.82, 2.24) is 5.48 Å². The lowest BCUT2D eigenvalue weighted by molar-refractivity contribution is -0.384. The van der Waals surface area contributed by atoms with Crippen LogP contribution in [-0.2, 0) is 9.55 Å². The molecule has 1 rings (SSSR count). The van der Waals surface area contributed by atoms with Crippen molar-refractivity contribution in [3.8, 4) is 0 Å². The van der Waals surface area contributed by atoms with Crippen molar-refractivity contribution < 1.29 is 19.5 Å². The lowest BCUT2D eigenvalue weighted by Gasteiger charge is -2.07. The maximum absolute atomic E-state index is 11.0. The maximum atomic E-state index is 11.0. The van der Waals surface area contributed by atoms with Gasteiger partial charge in [0.2, 0.25) is 0 Å². The van der Waals surface area contributed by atoms with Gasteiger partial charge in [-0.1, -0.05) is 18.2 Å². The Balaban J connectivity index is 2.66. The van der Waals surface area contributed by atoms with Crippen LogP contribution in [0.25, 0.3) is 0 Å². The molecule has 7 nitrogen and oxygen atoms in total. The van der Waals surface area contributed by atoms with Gasteiger partial charge in [-0.25, -0.2) is 5.48 Å². The number of rotatable bonds is 5. The Hall–Kier alpha value is -2.19. The van der Waals surface area contributed by atoms with Crippen LogP contribution in [0.1, 0.15) is 6.92 Å². The molecule has 0 aliphatic carbocycles. The van der Waals surface area contributed by atoms with E-state index in [1.807, 2.05) is 5.48 Å². The molecule has 1 aromatic carbocycles. The van der Waals surface area contributed by atoms with Crippen molar-refractivity contribution in [2.75, 3.05) is 0 Å². The van der Waals surface area contributed by atoms with Gasteiger partial charge in [0.25, 0.3) is 11.6 Å². The lowest BCUT2D eigenvalue weighted by atomic mass is 9.80. The Morgan fingerprint density at radius 1 is 1.61 bits per heavy atom. The number of nitrogens with one attached hydrogen (secondary N) is 1. The number of nitrogens with zero attached hydrogens (tertiary/aromatic N) is 1. The highest BCUT2D eigenvalue weighted by Crippen LogP contribution is 2.07. The summed E-state index contributed by atoms with van der Waals surface area (Å²) < 4.78 is 4.66. The molecule has 0 unspecified atom stereocenters. The van der Waals surface area contributed by atoms with Crippen LogP contribution >= 0.6 is 0 Å². The van der Waals surface area contributed by atoms with Gasteiger partial charge in [0.05, 0.1) is 4.92 Å². The number of carbonyl (C=O) groups is 1. The predicted octanol–water partition coefficient (Wildman–Crippen LogP) is -0.0938. The molecule has 1 amide bonds. The zero-order valence-electron chi connectivity index (χ0n) is 9.57. The molecule has 0 heterocycles. The number of carbonyl (C=O) groups excluding carboxylic acids is 1. The molecular formula is C10H11BN2O5. The number of hydrogen-bond donors (Lipinski definition) is 2. The summed E-state index contributed by atoms with van der Waals surface area (Å²) in [6.45, 7) is 1.65. The van der Waals surface area contributed by atoms with E-state index in [1.165, 1.54) is 30.4 Å². The molecule has 0 atom stereocenters. The number of non-ortho nitro benzene ring substituents is 1. The van der Waals surface area contributed by atoms with Gasteiger partial charge >= 0.3 is 7.12 Å². The van der Waals surface area contributed by atoms with Crippen molar-refractivity contribution in [3.63, 3.8) is 0 Å². The van der Waals surface area contributed by atoms with E-state index in [-0.39, 0.29) is 11.2 Å². The Bertz CT molecular complexity index is 477. The molecule has 0 bridgehead atoms. The fourth-order valence-electron chi connectivity index (χ4n) is 1.16. The molecule has 0 spiro atoms. The van der Waals surface area contributed by atoms with E-state index in [4.69, 9.17) is 0 Å². The van der Waals surface area contributed by atoms with E-state index in [1.54, 1.807) is 6.92 Å². The van der Waals surface area contributed by atoms with E-state index in [2.05, 4.69) is 4.76 Å². The van der Waals surface area contributed by atoms with E-state index >= 15 is 0 Å². The van der Waals surface area contributed by atoms with Crippen LogP contribution in [0.5, 0.6) is 0 Å². The van der Waals surface area contributed by atoms with Crippen LogP contribution in [0.4, 0.5) is 5.69 Å². The van der Waals surface area contributed by atoms with Crippen molar-refractivity contribution in [1.29, 1.82) is 0 Å². The molecule has 0 radical (unpaired) electrons. The maximum Gasteiger partial charge on any atom is 0.514 e. The second-order valence-electron chi connectivity index (χ2n) is 3.29. The third-order valence-electron chi connectivity index (χ3n) is 1.96. The number of allylic oxidation sites excluding steroid dienone is 1. The molecule has 0 aliphatic heterocycles. The van der Waals surface area contributed by atoms with Crippen LogP contribution in [0.2, 0.25) is 0 Å². The number of nitro groups is 1. The number of amides is 1. The van der Waals surface area contributed by atoms with Gasteiger partial charge in [-0.2, -0.15) is 0 Å². The molecule has 2 N–H and O–H groups in total. The minimum Gasteiger partial charge on any atom is -0.422 e. The lowest BCUT2D eigenvalue weighted by Crippen LogP contribution is -2.40. The topological polar surface area (TPSA) is 102 Å².